The van der Waals surface area contributed by atoms with Crippen molar-refractivity contribution in [2.24, 2.45) is 7.05 Å². The Bertz CT molecular complexity index is 486. The SMILES string of the molecule is CCC(CCl)(Cc1ccn(C)n1)c1ccccc1. The maximum absolute atomic E-state index is 6.28. The number of benzene rings is 1. The molecular weight excluding hydrogens is 244 g/mol. The summed E-state index contributed by atoms with van der Waals surface area (Å²) in [6.07, 6.45) is 3.88. The zero-order chi connectivity index (χ0) is 13.0. The number of rotatable bonds is 5. The molecule has 96 valence electrons. The summed E-state index contributed by atoms with van der Waals surface area (Å²) in [5.74, 6) is 0.615. The molecule has 0 radical (unpaired) electrons. The van der Waals surface area contributed by atoms with Gasteiger partial charge in [-0.1, -0.05) is 37.3 Å². The summed E-state index contributed by atoms with van der Waals surface area (Å²) >= 11 is 6.28. The summed E-state index contributed by atoms with van der Waals surface area (Å²) in [4.78, 5) is 0. The van der Waals surface area contributed by atoms with Gasteiger partial charge in [-0.05, 0) is 18.1 Å². The van der Waals surface area contributed by atoms with Crippen LogP contribution < -0.4 is 0 Å². The lowest BCUT2D eigenvalue weighted by molar-refractivity contribution is 0.450. The van der Waals surface area contributed by atoms with Crippen LogP contribution in [-0.2, 0) is 18.9 Å². The number of hydrogen-bond donors (Lipinski definition) is 0. The van der Waals surface area contributed by atoms with Crippen LogP contribution >= 0.6 is 11.6 Å². The maximum Gasteiger partial charge on any atom is 0.0633 e. The maximum atomic E-state index is 6.28. The molecule has 2 nitrogen and oxygen atoms in total. The number of alkyl halides is 1. The minimum Gasteiger partial charge on any atom is -0.276 e. The molecule has 0 aliphatic carbocycles. The Morgan fingerprint density at radius 3 is 2.44 bits per heavy atom. The second-order valence-electron chi connectivity index (χ2n) is 4.79. The largest absolute Gasteiger partial charge is 0.276 e. The van der Waals surface area contributed by atoms with Crippen molar-refractivity contribution in [1.29, 1.82) is 0 Å². The average Bonchev–Trinajstić information content (AvgIpc) is 2.82. The summed E-state index contributed by atoms with van der Waals surface area (Å²) in [7, 11) is 1.94. The number of aryl methyl sites for hydroxylation is 1. The lowest BCUT2D eigenvalue weighted by atomic mass is 9.76. The molecule has 0 bridgehead atoms. The van der Waals surface area contributed by atoms with Crippen molar-refractivity contribution in [2.75, 3.05) is 5.88 Å². The zero-order valence-corrected chi connectivity index (χ0v) is 11.7. The van der Waals surface area contributed by atoms with Gasteiger partial charge in [0.1, 0.15) is 0 Å². The Hall–Kier alpha value is -1.28. The Morgan fingerprint density at radius 2 is 1.94 bits per heavy atom. The second-order valence-corrected chi connectivity index (χ2v) is 5.06. The molecule has 0 fully saturated rings. The molecule has 0 aliphatic rings. The highest BCUT2D eigenvalue weighted by Crippen LogP contribution is 2.32. The predicted octanol–water partition coefficient (Wildman–Crippen LogP) is 3.55. The van der Waals surface area contributed by atoms with E-state index in [0.29, 0.717) is 5.88 Å². The molecule has 0 N–H and O–H groups in total. The van der Waals surface area contributed by atoms with Crippen LogP contribution in [0.2, 0.25) is 0 Å². The highest BCUT2D eigenvalue weighted by molar-refractivity contribution is 6.18. The van der Waals surface area contributed by atoms with Crippen LogP contribution in [0.25, 0.3) is 0 Å². The third kappa shape index (κ3) is 2.59. The molecule has 1 aromatic heterocycles. The van der Waals surface area contributed by atoms with Gasteiger partial charge in [0.25, 0.3) is 0 Å². The Kier molecular flexibility index (Phi) is 4.07. The van der Waals surface area contributed by atoms with Gasteiger partial charge in [-0.3, -0.25) is 4.68 Å². The molecule has 1 unspecified atom stereocenters. The smallest absolute Gasteiger partial charge is 0.0633 e. The van der Waals surface area contributed by atoms with Crippen molar-refractivity contribution in [3.05, 3.63) is 53.9 Å². The summed E-state index contributed by atoms with van der Waals surface area (Å²) in [5.41, 5.74) is 2.38. The van der Waals surface area contributed by atoms with Gasteiger partial charge in [0.05, 0.1) is 5.69 Å². The number of nitrogens with zero attached hydrogens (tertiary/aromatic N) is 2. The standard InChI is InChI=1S/C15H19ClN2/c1-3-15(12-16,13-7-5-4-6-8-13)11-14-9-10-18(2)17-14/h4-10H,3,11-12H2,1-2H3. The predicted molar refractivity (Wildman–Crippen MR) is 76.0 cm³/mol. The topological polar surface area (TPSA) is 17.8 Å². The van der Waals surface area contributed by atoms with Gasteiger partial charge in [-0.15, -0.1) is 11.6 Å². The molecule has 0 spiro atoms. The van der Waals surface area contributed by atoms with E-state index in [2.05, 4.69) is 42.4 Å². The summed E-state index contributed by atoms with van der Waals surface area (Å²) in [5, 5.41) is 4.47. The minimum atomic E-state index is -0.0167. The van der Waals surface area contributed by atoms with Gasteiger partial charge in [-0.25, -0.2) is 0 Å². The lowest BCUT2D eigenvalue weighted by Gasteiger charge is -2.30. The van der Waals surface area contributed by atoms with E-state index in [0.717, 1.165) is 18.5 Å². The summed E-state index contributed by atoms with van der Waals surface area (Å²) < 4.78 is 1.84. The first-order valence-electron chi connectivity index (χ1n) is 6.30. The van der Waals surface area contributed by atoms with E-state index in [9.17, 15) is 0 Å². The van der Waals surface area contributed by atoms with Crippen LogP contribution in [0, 0.1) is 0 Å². The molecule has 2 aromatic rings. The Morgan fingerprint density at radius 1 is 1.22 bits per heavy atom. The first kappa shape index (κ1) is 13.2. The molecule has 2 rings (SSSR count). The number of hydrogen-bond acceptors (Lipinski definition) is 1. The summed E-state index contributed by atoms with van der Waals surface area (Å²) in [6.45, 7) is 2.19. The molecule has 3 heteroatoms. The molecule has 0 saturated carbocycles. The van der Waals surface area contributed by atoms with Crippen molar-refractivity contribution in [1.82, 2.24) is 9.78 Å². The molecule has 18 heavy (non-hydrogen) atoms. The normalized spacial score (nSPS) is 14.4. The molecule has 0 amide bonds. The van der Waals surface area contributed by atoms with Crippen LogP contribution in [0.4, 0.5) is 0 Å². The molecule has 0 saturated heterocycles. The monoisotopic (exact) mass is 262 g/mol. The zero-order valence-electron chi connectivity index (χ0n) is 10.9. The van der Waals surface area contributed by atoms with Crippen molar-refractivity contribution in [2.45, 2.75) is 25.2 Å². The molecule has 1 heterocycles. The van der Waals surface area contributed by atoms with E-state index < -0.39 is 0 Å². The van der Waals surface area contributed by atoms with Crippen LogP contribution in [0.5, 0.6) is 0 Å². The highest BCUT2D eigenvalue weighted by Gasteiger charge is 2.30. The van der Waals surface area contributed by atoms with Crippen LogP contribution in [0.1, 0.15) is 24.6 Å². The van der Waals surface area contributed by atoms with Crippen LogP contribution in [0.3, 0.4) is 0 Å². The molecule has 1 atom stereocenters. The first-order valence-corrected chi connectivity index (χ1v) is 6.83. The van der Waals surface area contributed by atoms with Gasteiger partial charge in [0, 0.05) is 31.0 Å². The second kappa shape index (κ2) is 5.57. The average molecular weight is 263 g/mol. The van der Waals surface area contributed by atoms with Gasteiger partial charge in [0.2, 0.25) is 0 Å². The van der Waals surface area contributed by atoms with Crippen LogP contribution in [-0.4, -0.2) is 15.7 Å². The molecule has 1 aromatic carbocycles. The van der Waals surface area contributed by atoms with Crippen molar-refractivity contribution in [3.63, 3.8) is 0 Å². The molecular formula is C15H19ClN2. The minimum absolute atomic E-state index is 0.0167. The van der Waals surface area contributed by atoms with Crippen molar-refractivity contribution in [3.8, 4) is 0 Å². The number of halogens is 1. The lowest BCUT2D eigenvalue weighted by Crippen LogP contribution is -2.30. The van der Waals surface area contributed by atoms with E-state index in [1.54, 1.807) is 0 Å². The molecule has 0 aliphatic heterocycles. The Labute approximate surface area is 114 Å². The van der Waals surface area contributed by atoms with Gasteiger partial charge in [-0.2, -0.15) is 5.10 Å². The fourth-order valence-corrected chi connectivity index (χ4v) is 2.78. The van der Waals surface area contributed by atoms with E-state index in [1.165, 1.54) is 5.56 Å². The fourth-order valence-electron chi connectivity index (χ4n) is 2.35. The Balaban J connectivity index is 2.32. The van der Waals surface area contributed by atoms with E-state index in [4.69, 9.17) is 11.6 Å². The van der Waals surface area contributed by atoms with Crippen molar-refractivity contribution < 1.29 is 0 Å². The van der Waals surface area contributed by atoms with E-state index in [-0.39, 0.29) is 5.41 Å². The van der Waals surface area contributed by atoms with Gasteiger partial charge < -0.3 is 0 Å². The van der Waals surface area contributed by atoms with E-state index >= 15 is 0 Å². The third-order valence-corrected chi connectivity index (χ3v) is 4.12. The fraction of sp³-hybridized carbons (Fsp3) is 0.400. The first-order chi connectivity index (χ1) is 8.70. The summed E-state index contributed by atoms with van der Waals surface area (Å²) in [6, 6.07) is 12.6. The van der Waals surface area contributed by atoms with Gasteiger partial charge in [0.15, 0.2) is 0 Å². The quantitative estimate of drug-likeness (QED) is 0.754. The highest BCUT2D eigenvalue weighted by atomic mass is 35.5. The van der Waals surface area contributed by atoms with Crippen molar-refractivity contribution >= 4 is 11.6 Å². The van der Waals surface area contributed by atoms with E-state index in [1.807, 2.05) is 24.0 Å². The number of aromatic nitrogens is 2. The van der Waals surface area contributed by atoms with Crippen LogP contribution in [0.15, 0.2) is 42.6 Å². The van der Waals surface area contributed by atoms with Gasteiger partial charge >= 0.3 is 0 Å². The third-order valence-electron chi connectivity index (χ3n) is 3.61.